The molecule has 0 aliphatic heterocycles. The molecule has 6 nitrogen and oxygen atoms in total. The highest BCUT2D eigenvalue weighted by Crippen LogP contribution is 2.10. The van der Waals surface area contributed by atoms with E-state index in [-0.39, 0.29) is 17.8 Å². The van der Waals surface area contributed by atoms with Crippen molar-refractivity contribution in [2.24, 2.45) is 0 Å². The smallest absolute Gasteiger partial charge is 0.354 e. The predicted octanol–water partition coefficient (Wildman–Crippen LogP) is 1.62. The Kier molecular flexibility index (Phi) is 3.57. The number of amides is 2. The lowest BCUT2D eigenvalue weighted by Gasteiger charge is -2.12. The van der Waals surface area contributed by atoms with Gasteiger partial charge in [0.2, 0.25) is 0 Å². The number of carbonyl (C=O) groups is 2. The van der Waals surface area contributed by atoms with Crippen molar-refractivity contribution in [1.29, 1.82) is 0 Å². The maximum absolute atomic E-state index is 11.6. The van der Waals surface area contributed by atoms with Gasteiger partial charge >= 0.3 is 12.0 Å². The zero-order chi connectivity index (χ0) is 13.0. The van der Waals surface area contributed by atoms with Crippen LogP contribution in [0.3, 0.4) is 0 Å². The van der Waals surface area contributed by atoms with Gasteiger partial charge in [0, 0.05) is 6.04 Å². The average molecular weight is 247 g/mol. The lowest BCUT2D eigenvalue weighted by Crippen LogP contribution is -2.36. The van der Waals surface area contributed by atoms with Gasteiger partial charge in [0.1, 0.15) is 5.69 Å². The standard InChI is InChI=1S/C12H13N3O3/c16-11(17)10-6-5-9(7-13-10)15-12(18)14-8-3-1-2-4-8/h1-2,5-8H,3-4H2,(H,16,17)(H2,14,15,18). The summed E-state index contributed by atoms with van der Waals surface area (Å²) < 4.78 is 0. The van der Waals surface area contributed by atoms with Crippen LogP contribution >= 0.6 is 0 Å². The van der Waals surface area contributed by atoms with Crippen molar-refractivity contribution in [2.75, 3.05) is 5.32 Å². The summed E-state index contributed by atoms with van der Waals surface area (Å²) >= 11 is 0. The molecule has 1 aromatic heterocycles. The molecule has 1 aliphatic carbocycles. The maximum Gasteiger partial charge on any atom is 0.354 e. The van der Waals surface area contributed by atoms with Gasteiger partial charge in [0.15, 0.2) is 0 Å². The molecule has 0 unspecified atom stereocenters. The molecule has 0 spiro atoms. The molecular formula is C12H13N3O3. The fourth-order valence-electron chi connectivity index (χ4n) is 1.68. The Morgan fingerprint density at radius 3 is 2.56 bits per heavy atom. The predicted molar refractivity (Wildman–Crippen MR) is 65.5 cm³/mol. The quantitative estimate of drug-likeness (QED) is 0.708. The number of rotatable bonds is 3. The highest BCUT2D eigenvalue weighted by atomic mass is 16.4. The molecule has 1 aliphatic rings. The average Bonchev–Trinajstić information content (AvgIpc) is 2.82. The number of urea groups is 1. The number of pyridine rings is 1. The van der Waals surface area contributed by atoms with Gasteiger partial charge in [-0.1, -0.05) is 12.2 Å². The van der Waals surface area contributed by atoms with E-state index in [1.54, 1.807) is 0 Å². The lowest BCUT2D eigenvalue weighted by atomic mass is 10.2. The van der Waals surface area contributed by atoms with Gasteiger partial charge in [-0.3, -0.25) is 0 Å². The Morgan fingerprint density at radius 2 is 2.00 bits per heavy atom. The van der Waals surface area contributed by atoms with Crippen LogP contribution in [0.15, 0.2) is 30.5 Å². The molecule has 3 N–H and O–H groups in total. The number of aromatic carboxylic acids is 1. The number of hydrogen-bond donors (Lipinski definition) is 3. The van der Waals surface area contributed by atoms with E-state index in [4.69, 9.17) is 5.11 Å². The molecule has 18 heavy (non-hydrogen) atoms. The largest absolute Gasteiger partial charge is 0.477 e. The number of nitrogens with one attached hydrogen (secondary N) is 2. The molecule has 6 heteroatoms. The molecule has 1 heterocycles. The van der Waals surface area contributed by atoms with Crippen molar-refractivity contribution in [3.05, 3.63) is 36.2 Å². The molecule has 94 valence electrons. The monoisotopic (exact) mass is 247 g/mol. The number of carboxylic acid groups (broad SMARTS) is 1. The first-order valence-electron chi connectivity index (χ1n) is 5.57. The molecule has 0 radical (unpaired) electrons. The van der Waals surface area contributed by atoms with E-state index in [1.807, 2.05) is 12.2 Å². The Balaban J connectivity index is 1.88. The minimum absolute atomic E-state index is 0.0547. The molecule has 0 fully saturated rings. The van der Waals surface area contributed by atoms with Crippen molar-refractivity contribution in [3.8, 4) is 0 Å². The first-order chi connectivity index (χ1) is 8.65. The second-order valence-corrected chi connectivity index (χ2v) is 3.98. The van der Waals surface area contributed by atoms with E-state index in [0.717, 1.165) is 12.8 Å². The van der Waals surface area contributed by atoms with Gasteiger partial charge in [0.05, 0.1) is 11.9 Å². The molecule has 1 aromatic rings. The summed E-state index contributed by atoms with van der Waals surface area (Å²) in [7, 11) is 0. The van der Waals surface area contributed by atoms with Gasteiger partial charge in [-0.25, -0.2) is 14.6 Å². The molecule has 2 amide bonds. The van der Waals surface area contributed by atoms with Crippen LogP contribution in [0.4, 0.5) is 10.5 Å². The summed E-state index contributed by atoms with van der Waals surface area (Å²) in [6, 6.07) is 2.67. The molecule has 0 saturated heterocycles. The van der Waals surface area contributed by atoms with E-state index in [2.05, 4.69) is 15.6 Å². The number of anilines is 1. The van der Waals surface area contributed by atoms with Crippen LogP contribution in [0.25, 0.3) is 0 Å². The molecule has 0 bridgehead atoms. The normalized spacial score (nSPS) is 14.4. The van der Waals surface area contributed by atoms with Crippen LogP contribution < -0.4 is 10.6 Å². The summed E-state index contributed by atoms with van der Waals surface area (Å²) in [5.41, 5.74) is 0.407. The molecular weight excluding hydrogens is 234 g/mol. The minimum atomic E-state index is -1.09. The van der Waals surface area contributed by atoms with E-state index >= 15 is 0 Å². The first kappa shape index (κ1) is 12.1. The Bertz CT molecular complexity index is 474. The van der Waals surface area contributed by atoms with Gasteiger partial charge in [0.25, 0.3) is 0 Å². The summed E-state index contributed by atoms with van der Waals surface area (Å²) in [5, 5.41) is 14.1. The van der Waals surface area contributed by atoms with E-state index in [0.29, 0.717) is 5.69 Å². The van der Waals surface area contributed by atoms with Gasteiger partial charge < -0.3 is 15.7 Å². The molecule has 0 atom stereocenters. The second-order valence-electron chi connectivity index (χ2n) is 3.98. The zero-order valence-corrected chi connectivity index (χ0v) is 9.59. The van der Waals surface area contributed by atoms with Crippen molar-refractivity contribution >= 4 is 17.7 Å². The first-order valence-corrected chi connectivity index (χ1v) is 5.57. The van der Waals surface area contributed by atoms with Gasteiger partial charge in [-0.15, -0.1) is 0 Å². The summed E-state index contributed by atoms with van der Waals surface area (Å²) in [5.74, 6) is -1.09. The highest BCUT2D eigenvalue weighted by Gasteiger charge is 2.13. The number of carbonyl (C=O) groups excluding carboxylic acids is 1. The Labute approximate surface area is 104 Å². The fourth-order valence-corrected chi connectivity index (χ4v) is 1.68. The topological polar surface area (TPSA) is 91.3 Å². The molecule has 0 saturated carbocycles. The second kappa shape index (κ2) is 5.31. The Morgan fingerprint density at radius 1 is 1.28 bits per heavy atom. The third-order valence-electron chi connectivity index (χ3n) is 2.58. The van der Waals surface area contributed by atoms with Crippen LogP contribution in [0.2, 0.25) is 0 Å². The third kappa shape index (κ3) is 3.07. The van der Waals surface area contributed by atoms with Crippen molar-refractivity contribution in [1.82, 2.24) is 10.3 Å². The van der Waals surface area contributed by atoms with Crippen molar-refractivity contribution in [3.63, 3.8) is 0 Å². The number of hydrogen-bond acceptors (Lipinski definition) is 3. The number of nitrogens with zero attached hydrogens (tertiary/aromatic N) is 1. The molecule has 2 rings (SSSR count). The van der Waals surface area contributed by atoms with Gasteiger partial charge in [-0.2, -0.15) is 0 Å². The number of carboxylic acids is 1. The van der Waals surface area contributed by atoms with E-state index < -0.39 is 5.97 Å². The minimum Gasteiger partial charge on any atom is -0.477 e. The number of aromatic nitrogens is 1. The van der Waals surface area contributed by atoms with Crippen LogP contribution in [-0.4, -0.2) is 28.1 Å². The summed E-state index contributed by atoms with van der Waals surface area (Å²) in [6.07, 6.45) is 7.03. The lowest BCUT2D eigenvalue weighted by molar-refractivity contribution is 0.0690. The fraction of sp³-hybridized carbons (Fsp3) is 0.250. The van der Waals surface area contributed by atoms with Crippen LogP contribution in [0, 0.1) is 0 Å². The molecule has 0 aromatic carbocycles. The maximum atomic E-state index is 11.6. The highest BCUT2D eigenvalue weighted by molar-refractivity contribution is 5.90. The van der Waals surface area contributed by atoms with Crippen LogP contribution in [0.1, 0.15) is 23.3 Å². The zero-order valence-electron chi connectivity index (χ0n) is 9.59. The van der Waals surface area contributed by atoms with E-state index in [9.17, 15) is 9.59 Å². The summed E-state index contributed by atoms with van der Waals surface area (Å²) in [6.45, 7) is 0. The van der Waals surface area contributed by atoms with Crippen molar-refractivity contribution in [2.45, 2.75) is 18.9 Å². The van der Waals surface area contributed by atoms with E-state index in [1.165, 1.54) is 18.3 Å². The van der Waals surface area contributed by atoms with Gasteiger partial charge in [-0.05, 0) is 25.0 Å². The van der Waals surface area contributed by atoms with Crippen LogP contribution in [0.5, 0.6) is 0 Å². The Hall–Kier alpha value is -2.37. The van der Waals surface area contributed by atoms with Crippen LogP contribution in [-0.2, 0) is 0 Å². The SMILES string of the molecule is O=C(Nc1ccc(C(=O)O)nc1)NC1CC=CC1. The van der Waals surface area contributed by atoms with Crippen molar-refractivity contribution < 1.29 is 14.7 Å². The summed E-state index contributed by atoms with van der Waals surface area (Å²) in [4.78, 5) is 25.9. The third-order valence-corrected chi connectivity index (χ3v) is 2.58.